The largest absolute Gasteiger partial charge is 0.391 e. The number of rotatable bonds is 6. The Morgan fingerprint density at radius 1 is 0.962 bits per heavy atom. The fraction of sp³-hybridized carbons (Fsp3) is 0.0526. The number of hydrogen-bond donors (Lipinski definition) is 0. The molecule has 0 spiro atoms. The lowest BCUT2D eigenvalue weighted by Gasteiger charge is -2.03. The molecule has 3 rings (SSSR count). The van der Waals surface area contributed by atoms with Gasteiger partial charge in [0.1, 0.15) is 11.6 Å². The fourth-order valence-corrected chi connectivity index (χ4v) is 3.34. The molecule has 0 saturated carbocycles. The van der Waals surface area contributed by atoms with Crippen molar-refractivity contribution in [2.75, 3.05) is 0 Å². The zero-order valence-corrected chi connectivity index (χ0v) is 16.5. The second-order valence-electron chi connectivity index (χ2n) is 5.23. The molecule has 1 aromatic heterocycles. The van der Waals surface area contributed by atoms with Crippen molar-refractivity contribution in [3.63, 3.8) is 0 Å². The van der Waals surface area contributed by atoms with E-state index in [4.69, 9.17) is 39.6 Å². The minimum Gasteiger partial charge on any atom is -0.391 e. The molecule has 0 N–H and O–H groups in total. The van der Waals surface area contributed by atoms with Crippen LogP contribution in [0, 0.1) is 0 Å². The van der Waals surface area contributed by atoms with Crippen molar-refractivity contribution in [3.05, 3.63) is 87.0 Å². The van der Waals surface area contributed by atoms with Gasteiger partial charge < -0.3 is 4.84 Å². The van der Waals surface area contributed by atoms with E-state index in [9.17, 15) is 0 Å². The Kier molecular flexibility index (Phi) is 6.80. The lowest BCUT2D eigenvalue weighted by Crippen LogP contribution is -1.90. The summed E-state index contributed by atoms with van der Waals surface area (Å²) in [6.45, 7) is 0.268. The van der Waals surface area contributed by atoms with Gasteiger partial charge >= 0.3 is 0 Å². The van der Waals surface area contributed by atoms with Crippen LogP contribution >= 0.6 is 46.6 Å². The van der Waals surface area contributed by atoms with Crippen LogP contribution < -0.4 is 0 Å². The van der Waals surface area contributed by atoms with Crippen LogP contribution in [0.15, 0.2) is 75.9 Å². The minimum atomic E-state index is 0.268. The van der Waals surface area contributed by atoms with Gasteiger partial charge in [0.15, 0.2) is 0 Å². The topological polar surface area (TPSA) is 34.5 Å². The van der Waals surface area contributed by atoms with Crippen LogP contribution in [-0.4, -0.2) is 11.2 Å². The lowest BCUT2D eigenvalue weighted by atomic mass is 10.2. The highest BCUT2D eigenvalue weighted by atomic mass is 35.5. The van der Waals surface area contributed by atoms with E-state index in [2.05, 4.69) is 10.1 Å². The number of halogens is 3. The van der Waals surface area contributed by atoms with Gasteiger partial charge in [-0.15, -0.1) is 0 Å². The van der Waals surface area contributed by atoms with Crippen LogP contribution in [0.3, 0.4) is 0 Å². The predicted octanol–water partition coefficient (Wildman–Crippen LogP) is 6.74. The zero-order valence-electron chi connectivity index (χ0n) is 13.4. The first-order valence-electron chi connectivity index (χ1n) is 7.59. The molecule has 0 bridgehead atoms. The fourth-order valence-electron chi connectivity index (χ4n) is 2.00. The predicted molar refractivity (Wildman–Crippen MR) is 109 cm³/mol. The van der Waals surface area contributed by atoms with Gasteiger partial charge in [-0.1, -0.05) is 57.8 Å². The molecular weight excluding hydrogens is 411 g/mol. The third-order valence-electron chi connectivity index (χ3n) is 3.31. The SMILES string of the molecule is Clc1ccc(Sc2ccc(/C=N/OCc3ccc(Cl)cc3Cl)cn2)cc1. The molecule has 0 amide bonds. The minimum absolute atomic E-state index is 0.268. The van der Waals surface area contributed by atoms with Crippen molar-refractivity contribution in [1.82, 2.24) is 4.98 Å². The molecule has 7 heteroatoms. The van der Waals surface area contributed by atoms with Gasteiger partial charge in [0.05, 0.1) is 6.21 Å². The van der Waals surface area contributed by atoms with E-state index in [1.54, 1.807) is 36.3 Å². The summed E-state index contributed by atoms with van der Waals surface area (Å²) in [5.41, 5.74) is 1.66. The maximum atomic E-state index is 6.08. The monoisotopic (exact) mass is 422 g/mol. The van der Waals surface area contributed by atoms with Crippen LogP contribution in [-0.2, 0) is 11.4 Å². The summed E-state index contributed by atoms with van der Waals surface area (Å²) in [6, 6.07) is 16.7. The third kappa shape index (κ3) is 5.64. The number of benzene rings is 2. The van der Waals surface area contributed by atoms with Crippen LogP contribution in [0.5, 0.6) is 0 Å². The van der Waals surface area contributed by atoms with Crippen LogP contribution in [0.1, 0.15) is 11.1 Å². The Bertz CT molecular complexity index is 900. The van der Waals surface area contributed by atoms with Crippen molar-refractivity contribution >= 4 is 52.8 Å². The second kappa shape index (κ2) is 9.28. The van der Waals surface area contributed by atoms with E-state index < -0.39 is 0 Å². The molecule has 0 atom stereocenters. The molecule has 3 aromatic rings. The Hall–Kier alpha value is -1.72. The molecule has 26 heavy (non-hydrogen) atoms. The maximum absolute atomic E-state index is 6.08. The average molecular weight is 424 g/mol. The molecule has 1 heterocycles. The normalized spacial score (nSPS) is 11.0. The molecule has 0 saturated heterocycles. The van der Waals surface area contributed by atoms with Crippen molar-refractivity contribution in [2.45, 2.75) is 16.5 Å². The first-order chi connectivity index (χ1) is 12.6. The van der Waals surface area contributed by atoms with Gasteiger partial charge in [0.2, 0.25) is 0 Å². The van der Waals surface area contributed by atoms with Gasteiger partial charge in [-0.05, 0) is 48.5 Å². The van der Waals surface area contributed by atoms with E-state index in [0.29, 0.717) is 15.1 Å². The highest BCUT2D eigenvalue weighted by Gasteiger charge is 2.02. The van der Waals surface area contributed by atoms with E-state index in [1.807, 2.05) is 42.5 Å². The van der Waals surface area contributed by atoms with Gasteiger partial charge in [0, 0.05) is 37.3 Å². The first kappa shape index (κ1) is 19.1. The maximum Gasteiger partial charge on any atom is 0.143 e. The summed E-state index contributed by atoms with van der Waals surface area (Å²) in [6.07, 6.45) is 3.34. The summed E-state index contributed by atoms with van der Waals surface area (Å²) in [5, 5.41) is 6.69. The number of oxime groups is 1. The zero-order chi connectivity index (χ0) is 18.4. The molecule has 132 valence electrons. The summed E-state index contributed by atoms with van der Waals surface area (Å²) in [7, 11) is 0. The van der Waals surface area contributed by atoms with Crippen LogP contribution in [0.4, 0.5) is 0 Å². The quantitative estimate of drug-likeness (QED) is 0.325. The molecule has 3 nitrogen and oxygen atoms in total. The number of nitrogens with zero attached hydrogens (tertiary/aromatic N) is 2. The highest BCUT2D eigenvalue weighted by Crippen LogP contribution is 2.27. The molecule has 0 unspecified atom stereocenters. The van der Waals surface area contributed by atoms with E-state index in [-0.39, 0.29) is 6.61 Å². The van der Waals surface area contributed by atoms with Gasteiger partial charge in [0.25, 0.3) is 0 Å². The Morgan fingerprint density at radius 3 is 2.42 bits per heavy atom. The second-order valence-corrected chi connectivity index (χ2v) is 7.60. The number of pyridine rings is 1. The summed E-state index contributed by atoms with van der Waals surface area (Å²) in [5.74, 6) is 0. The van der Waals surface area contributed by atoms with Gasteiger partial charge in [-0.3, -0.25) is 0 Å². The number of hydrogen-bond acceptors (Lipinski definition) is 4. The Labute approximate surface area is 170 Å². The summed E-state index contributed by atoms with van der Waals surface area (Å²) < 4.78 is 0. The van der Waals surface area contributed by atoms with Gasteiger partial charge in [-0.25, -0.2) is 4.98 Å². The standard InChI is InChI=1S/C19H13Cl3N2OS/c20-15-4-6-17(7-5-15)26-19-8-1-13(10-23-19)11-24-25-12-14-2-3-16(21)9-18(14)22/h1-11H,12H2/b24-11+. The number of aromatic nitrogens is 1. The van der Waals surface area contributed by atoms with Crippen molar-refractivity contribution in [1.29, 1.82) is 0 Å². The van der Waals surface area contributed by atoms with E-state index in [0.717, 1.165) is 21.0 Å². The summed E-state index contributed by atoms with van der Waals surface area (Å²) >= 11 is 19.4. The summed E-state index contributed by atoms with van der Waals surface area (Å²) in [4.78, 5) is 10.8. The van der Waals surface area contributed by atoms with Crippen LogP contribution in [0.2, 0.25) is 15.1 Å². The lowest BCUT2D eigenvalue weighted by molar-refractivity contribution is 0.132. The Morgan fingerprint density at radius 2 is 1.73 bits per heavy atom. The van der Waals surface area contributed by atoms with E-state index in [1.165, 1.54) is 0 Å². The molecule has 2 aromatic carbocycles. The highest BCUT2D eigenvalue weighted by molar-refractivity contribution is 7.99. The third-order valence-corrected chi connectivity index (χ3v) is 5.10. The molecule has 0 aliphatic rings. The Balaban J connectivity index is 1.53. The average Bonchev–Trinajstić information content (AvgIpc) is 2.63. The van der Waals surface area contributed by atoms with Crippen LogP contribution in [0.25, 0.3) is 0 Å². The van der Waals surface area contributed by atoms with Gasteiger partial charge in [-0.2, -0.15) is 0 Å². The molecule has 0 aliphatic carbocycles. The molecule has 0 aliphatic heterocycles. The van der Waals surface area contributed by atoms with E-state index >= 15 is 0 Å². The van der Waals surface area contributed by atoms with Crippen molar-refractivity contribution in [3.8, 4) is 0 Å². The smallest absolute Gasteiger partial charge is 0.143 e. The van der Waals surface area contributed by atoms with Crippen molar-refractivity contribution < 1.29 is 4.84 Å². The molecule has 0 fully saturated rings. The van der Waals surface area contributed by atoms with Crippen molar-refractivity contribution in [2.24, 2.45) is 5.16 Å². The molecule has 0 radical (unpaired) electrons. The molecular formula is C19H13Cl3N2OS. The first-order valence-corrected chi connectivity index (χ1v) is 9.54.